The largest absolute Gasteiger partial charge is 0.271 e. The molecule has 0 spiro atoms. The van der Waals surface area contributed by atoms with Crippen LogP contribution in [0.5, 0.6) is 0 Å². The van der Waals surface area contributed by atoms with E-state index in [1.165, 1.54) is 27.8 Å². The predicted molar refractivity (Wildman–Crippen MR) is 83.4 cm³/mol. The van der Waals surface area contributed by atoms with Gasteiger partial charge in [0.2, 0.25) is 0 Å². The van der Waals surface area contributed by atoms with Crippen LogP contribution >= 0.6 is 0 Å². The number of hydrogen-bond donors (Lipinski definition) is 2. The van der Waals surface area contributed by atoms with E-state index in [1.807, 2.05) is 24.5 Å². The summed E-state index contributed by atoms with van der Waals surface area (Å²) in [6.07, 6.45) is 5.50. The van der Waals surface area contributed by atoms with E-state index in [1.54, 1.807) is 0 Å². The van der Waals surface area contributed by atoms with E-state index in [0.29, 0.717) is 0 Å². The third-order valence-electron chi connectivity index (χ3n) is 3.76. The Labute approximate surface area is 121 Å². The number of aryl methyl sites for hydroxylation is 3. The molecule has 1 heterocycles. The summed E-state index contributed by atoms with van der Waals surface area (Å²) in [5, 5.41) is 0. The summed E-state index contributed by atoms with van der Waals surface area (Å²) in [5.41, 5.74) is 9.60. The Morgan fingerprint density at radius 1 is 1.05 bits per heavy atom. The molecule has 1 aromatic heterocycles. The monoisotopic (exact) mass is 269 g/mol. The van der Waals surface area contributed by atoms with Gasteiger partial charge >= 0.3 is 0 Å². The maximum Gasteiger partial charge on any atom is 0.0291 e. The lowest BCUT2D eigenvalue weighted by molar-refractivity contribution is 0.520. The number of nitrogens with one attached hydrogen (secondary N) is 1. The molecular formula is C17H23N3. The van der Waals surface area contributed by atoms with Crippen LogP contribution in [0.4, 0.5) is 0 Å². The molecule has 2 aromatic rings. The summed E-state index contributed by atoms with van der Waals surface area (Å²) in [5.74, 6) is 5.73. The molecule has 1 unspecified atom stereocenters. The smallest absolute Gasteiger partial charge is 0.0291 e. The highest BCUT2D eigenvalue weighted by atomic mass is 15.2. The van der Waals surface area contributed by atoms with E-state index >= 15 is 0 Å². The van der Waals surface area contributed by atoms with Gasteiger partial charge in [-0.2, -0.15) is 0 Å². The van der Waals surface area contributed by atoms with E-state index in [0.717, 1.165) is 12.8 Å². The van der Waals surface area contributed by atoms with Gasteiger partial charge in [0.15, 0.2) is 0 Å². The molecule has 1 atom stereocenters. The summed E-state index contributed by atoms with van der Waals surface area (Å²) in [6.45, 7) is 6.49. The molecule has 3 N–H and O–H groups in total. The Hall–Kier alpha value is -1.71. The number of aromatic nitrogens is 1. The van der Waals surface area contributed by atoms with Crippen molar-refractivity contribution in [1.29, 1.82) is 0 Å². The molecular weight excluding hydrogens is 246 g/mol. The van der Waals surface area contributed by atoms with E-state index < -0.39 is 0 Å². The Bertz CT molecular complexity index is 541. The summed E-state index contributed by atoms with van der Waals surface area (Å²) >= 11 is 0. The first-order valence-electron chi connectivity index (χ1n) is 7.02. The Morgan fingerprint density at radius 3 is 2.20 bits per heavy atom. The zero-order valence-corrected chi connectivity index (χ0v) is 12.5. The van der Waals surface area contributed by atoms with Crippen molar-refractivity contribution >= 4 is 0 Å². The molecule has 0 radical (unpaired) electrons. The lowest BCUT2D eigenvalue weighted by atomic mass is 9.92. The maximum atomic E-state index is 5.73. The number of hydrazine groups is 1. The molecule has 0 saturated heterocycles. The minimum Gasteiger partial charge on any atom is -0.271 e. The average molecular weight is 269 g/mol. The van der Waals surface area contributed by atoms with E-state index in [2.05, 4.69) is 43.3 Å². The number of rotatable bonds is 5. The van der Waals surface area contributed by atoms with Crippen LogP contribution in [-0.2, 0) is 12.8 Å². The summed E-state index contributed by atoms with van der Waals surface area (Å²) in [4.78, 5) is 4.05. The standard InChI is InChI=1S/C17H23N3/c1-12-8-13(2)17(14(3)9-12)11-16(20-18)10-15-4-6-19-7-5-15/h4-9,16,20H,10-11,18H2,1-3H3. The minimum atomic E-state index is 0.234. The fourth-order valence-electron chi connectivity index (χ4n) is 2.77. The van der Waals surface area contributed by atoms with Gasteiger partial charge in [-0.3, -0.25) is 16.3 Å². The third kappa shape index (κ3) is 3.65. The summed E-state index contributed by atoms with van der Waals surface area (Å²) < 4.78 is 0. The van der Waals surface area contributed by atoms with Crippen molar-refractivity contribution in [1.82, 2.24) is 10.4 Å². The van der Waals surface area contributed by atoms with Crippen molar-refractivity contribution in [2.24, 2.45) is 5.84 Å². The van der Waals surface area contributed by atoms with Gasteiger partial charge < -0.3 is 0 Å². The normalized spacial score (nSPS) is 12.4. The van der Waals surface area contributed by atoms with Crippen molar-refractivity contribution < 1.29 is 0 Å². The van der Waals surface area contributed by atoms with Gasteiger partial charge in [0.25, 0.3) is 0 Å². The first-order valence-corrected chi connectivity index (χ1v) is 7.02. The van der Waals surface area contributed by atoms with Gasteiger partial charge in [0, 0.05) is 18.4 Å². The van der Waals surface area contributed by atoms with Crippen LogP contribution in [0.25, 0.3) is 0 Å². The van der Waals surface area contributed by atoms with Crippen molar-refractivity contribution in [2.45, 2.75) is 39.7 Å². The lowest BCUT2D eigenvalue weighted by Crippen LogP contribution is -2.38. The number of nitrogens with zero attached hydrogens (tertiary/aromatic N) is 1. The molecule has 0 fully saturated rings. The van der Waals surface area contributed by atoms with Crippen LogP contribution in [0, 0.1) is 20.8 Å². The highest BCUT2D eigenvalue weighted by Crippen LogP contribution is 2.19. The van der Waals surface area contributed by atoms with Gasteiger partial charge in [0.1, 0.15) is 0 Å². The molecule has 0 aliphatic rings. The fraction of sp³-hybridized carbons (Fsp3) is 0.353. The first-order chi connectivity index (χ1) is 9.60. The zero-order chi connectivity index (χ0) is 14.5. The fourth-order valence-corrected chi connectivity index (χ4v) is 2.77. The van der Waals surface area contributed by atoms with Crippen molar-refractivity contribution in [3.05, 3.63) is 64.5 Å². The second kappa shape index (κ2) is 6.64. The second-order valence-electron chi connectivity index (χ2n) is 5.50. The predicted octanol–water partition coefficient (Wildman–Crippen LogP) is 2.62. The van der Waals surface area contributed by atoms with Crippen LogP contribution in [0.15, 0.2) is 36.7 Å². The van der Waals surface area contributed by atoms with Crippen LogP contribution < -0.4 is 11.3 Å². The van der Waals surface area contributed by atoms with Crippen molar-refractivity contribution in [3.63, 3.8) is 0 Å². The Kier molecular flexibility index (Phi) is 4.88. The zero-order valence-electron chi connectivity index (χ0n) is 12.5. The van der Waals surface area contributed by atoms with Crippen molar-refractivity contribution in [2.75, 3.05) is 0 Å². The first kappa shape index (κ1) is 14.7. The molecule has 3 heteroatoms. The number of benzene rings is 1. The van der Waals surface area contributed by atoms with Crippen molar-refractivity contribution in [3.8, 4) is 0 Å². The Balaban J connectivity index is 2.15. The number of hydrogen-bond acceptors (Lipinski definition) is 3. The molecule has 0 amide bonds. The van der Waals surface area contributed by atoms with Crippen LogP contribution in [0.1, 0.15) is 27.8 Å². The van der Waals surface area contributed by atoms with E-state index in [4.69, 9.17) is 5.84 Å². The summed E-state index contributed by atoms with van der Waals surface area (Å²) in [6, 6.07) is 8.79. The average Bonchev–Trinajstić information content (AvgIpc) is 2.42. The quantitative estimate of drug-likeness (QED) is 0.648. The maximum absolute atomic E-state index is 5.73. The van der Waals surface area contributed by atoms with E-state index in [-0.39, 0.29) is 6.04 Å². The lowest BCUT2D eigenvalue weighted by Gasteiger charge is -2.19. The molecule has 20 heavy (non-hydrogen) atoms. The van der Waals surface area contributed by atoms with Gasteiger partial charge in [-0.15, -0.1) is 0 Å². The molecule has 0 saturated carbocycles. The second-order valence-corrected chi connectivity index (χ2v) is 5.50. The van der Waals surface area contributed by atoms with Gasteiger partial charge in [-0.1, -0.05) is 17.7 Å². The molecule has 0 aliphatic heterocycles. The number of nitrogens with two attached hydrogens (primary N) is 1. The van der Waals surface area contributed by atoms with Crippen LogP contribution in [0.2, 0.25) is 0 Å². The third-order valence-corrected chi connectivity index (χ3v) is 3.76. The molecule has 3 nitrogen and oxygen atoms in total. The number of pyridine rings is 1. The van der Waals surface area contributed by atoms with Crippen LogP contribution in [-0.4, -0.2) is 11.0 Å². The molecule has 1 aromatic carbocycles. The molecule has 106 valence electrons. The minimum absolute atomic E-state index is 0.234. The van der Waals surface area contributed by atoms with E-state index in [9.17, 15) is 0 Å². The SMILES string of the molecule is Cc1cc(C)c(CC(Cc2ccncc2)NN)c(C)c1. The highest BCUT2D eigenvalue weighted by molar-refractivity contribution is 5.38. The van der Waals surface area contributed by atoms with Gasteiger partial charge in [0.05, 0.1) is 0 Å². The Morgan fingerprint density at radius 2 is 1.65 bits per heavy atom. The van der Waals surface area contributed by atoms with Gasteiger partial charge in [-0.25, -0.2) is 0 Å². The topological polar surface area (TPSA) is 50.9 Å². The van der Waals surface area contributed by atoms with Gasteiger partial charge in [-0.05, 0) is 68.0 Å². The highest BCUT2D eigenvalue weighted by Gasteiger charge is 2.12. The molecule has 0 bridgehead atoms. The van der Waals surface area contributed by atoms with Crippen LogP contribution in [0.3, 0.4) is 0 Å². The summed E-state index contributed by atoms with van der Waals surface area (Å²) in [7, 11) is 0. The molecule has 0 aliphatic carbocycles. The molecule has 2 rings (SSSR count).